The molecule has 3 rings (SSSR count). The summed E-state index contributed by atoms with van der Waals surface area (Å²) in [5, 5.41) is 0. The smallest absolute Gasteiger partial charge is 0.261 e. The van der Waals surface area contributed by atoms with Crippen LogP contribution < -0.4 is 4.72 Å². The molecule has 1 aliphatic rings. The van der Waals surface area contributed by atoms with Crippen LogP contribution in [0.2, 0.25) is 0 Å². The van der Waals surface area contributed by atoms with Crippen LogP contribution in [0.4, 0.5) is 10.1 Å². The summed E-state index contributed by atoms with van der Waals surface area (Å²) < 4.78 is 40.9. The number of carbonyl (C=O) groups is 1. The van der Waals surface area contributed by atoms with Gasteiger partial charge < -0.3 is 9.80 Å². The number of benzene rings is 2. The summed E-state index contributed by atoms with van der Waals surface area (Å²) >= 11 is 0. The number of likely N-dealkylation sites (tertiary alicyclic amines) is 1. The van der Waals surface area contributed by atoms with E-state index in [4.69, 9.17) is 0 Å². The Kier molecular flexibility index (Phi) is 6.00. The maximum absolute atomic E-state index is 13.7. The topological polar surface area (TPSA) is 69.7 Å². The van der Waals surface area contributed by atoms with E-state index in [0.717, 1.165) is 12.8 Å². The average Bonchev–Trinajstić information content (AvgIpc) is 2.69. The van der Waals surface area contributed by atoms with Gasteiger partial charge in [-0.05, 0) is 63.3 Å². The van der Waals surface area contributed by atoms with Crippen molar-refractivity contribution < 1.29 is 17.6 Å². The Morgan fingerprint density at radius 2 is 1.82 bits per heavy atom. The minimum absolute atomic E-state index is 0.0304. The van der Waals surface area contributed by atoms with Gasteiger partial charge in [0.1, 0.15) is 5.82 Å². The van der Waals surface area contributed by atoms with Gasteiger partial charge in [-0.25, -0.2) is 12.8 Å². The Labute approximate surface area is 165 Å². The predicted molar refractivity (Wildman–Crippen MR) is 106 cm³/mol. The summed E-state index contributed by atoms with van der Waals surface area (Å²) in [5.41, 5.74) is 0.315. The Morgan fingerprint density at radius 3 is 2.46 bits per heavy atom. The summed E-state index contributed by atoms with van der Waals surface area (Å²) in [4.78, 5) is 16.6. The van der Waals surface area contributed by atoms with Crippen molar-refractivity contribution in [2.24, 2.45) is 0 Å². The fourth-order valence-corrected chi connectivity index (χ4v) is 4.33. The van der Waals surface area contributed by atoms with Crippen LogP contribution in [0.1, 0.15) is 23.2 Å². The lowest BCUT2D eigenvalue weighted by atomic mass is 10.0. The number of sulfonamides is 1. The summed E-state index contributed by atoms with van der Waals surface area (Å²) in [6, 6.07) is 11.6. The number of para-hydroxylation sites is 1. The average molecular weight is 405 g/mol. The lowest BCUT2D eigenvalue weighted by molar-refractivity contribution is 0.0635. The number of rotatable bonds is 5. The molecule has 1 atom stereocenters. The predicted octanol–water partition coefficient (Wildman–Crippen LogP) is 2.79. The summed E-state index contributed by atoms with van der Waals surface area (Å²) in [6.45, 7) is 1.35. The lowest BCUT2D eigenvalue weighted by Gasteiger charge is -2.36. The third-order valence-electron chi connectivity index (χ3n) is 4.94. The van der Waals surface area contributed by atoms with Crippen LogP contribution in [0.25, 0.3) is 0 Å². The SMILES string of the molecule is CN(C)C1CCCN(C(=O)c2ccc(S(=O)(=O)Nc3ccccc3F)cc2)C1. The first-order valence-corrected chi connectivity index (χ1v) is 10.6. The van der Waals surface area contributed by atoms with Crippen molar-refractivity contribution in [3.8, 4) is 0 Å². The monoisotopic (exact) mass is 405 g/mol. The van der Waals surface area contributed by atoms with Gasteiger partial charge in [0.25, 0.3) is 15.9 Å². The van der Waals surface area contributed by atoms with Crippen molar-refractivity contribution in [2.75, 3.05) is 31.9 Å². The molecule has 28 heavy (non-hydrogen) atoms. The number of likely N-dealkylation sites (N-methyl/N-ethyl adjacent to an activating group) is 1. The van der Waals surface area contributed by atoms with Gasteiger partial charge in [-0.1, -0.05) is 12.1 Å². The minimum Gasteiger partial charge on any atom is -0.337 e. The number of halogens is 1. The van der Waals surface area contributed by atoms with Crippen molar-refractivity contribution in [3.63, 3.8) is 0 Å². The molecule has 150 valence electrons. The van der Waals surface area contributed by atoms with Crippen LogP contribution >= 0.6 is 0 Å². The summed E-state index contributed by atoms with van der Waals surface area (Å²) in [5.74, 6) is -0.768. The normalized spacial score (nSPS) is 17.6. The van der Waals surface area contributed by atoms with Gasteiger partial charge in [0.15, 0.2) is 0 Å². The zero-order valence-corrected chi connectivity index (χ0v) is 16.7. The Bertz CT molecular complexity index is 945. The molecule has 1 unspecified atom stereocenters. The molecule has 1 N–H and O–H groups in total. The van der Waals surface area contributed by atoms with Crippen molar-refractivity contribution >= 4 is 21.6 Å². The fourth-order valence-electron chi connectivity index (χ4n) is 3.27. The first-order valence-electron chi connectivity index (χ1n) is 9.11. The van der Waals surface area contributed by atoms with Crippen molar-refractivity contribution in [1.82, 2.24) is 9.80 Å². The van der Waals surface area contributed by atoms with E-state index in [2.05, 4.69) is 9.62 Å². The molecule has 8 heteroatoms. The van der Waals surface area contributed by atoms with E-state index in [1.165, 1.54) is 42.5 Å². The molecule has 0 spiro atoms. The van der Waals surface area contributed by atoms with E-state index in [1.807, 2.05) is 14.1 Å². The van der Waals surface area contributed by atoms with Gasteiger partial charge in [-0.15, -0.1) is 0 Å². The second-order valence-corrected chi connectivity index (χ2v) is 8.80. The molecular weight excluding hydrogens is 381 g/mol. The second kappa shape index (κ2) is 8.28. The minimum atomic E-state index is -3.94. The van der Waals surface area contributed by atoms with E-state index in [0.29, 0.717) is 24.7 Å². The highest BCUT2D eigenvalue weighted by Gasteiger charge is 2.26. The molecule has 1 fully saturated rings. The molecule has 2 aromatic rings. The van der Waals surface area contributed by atoms with Gasteiger partial charge in [0, 0.05) is 24.7 Å². The molecule has 0 aromatic heterocycles. The summed E-state index contributed by atoms with van der Waals surface area (Å²) in [7, 11) is 0.0570. The van der Waals surface area contributed by atoms with Gasteiger partial charge >= 0.3 is 0 Å². The number of nitrogens with zero attached hydrogens (tertiary/aromatic N) is 2. The van der Waals surface area contributed by atoms with E-state index in [9.17, 15) is 17.6 Å². The van der Waals surface area contributed by atoms with Gasteiger partial charge in [-0.3, -0.25) is 9.52 Å². The zero-order valence-electron chi connectivity index (χ0n) is 15.9. The Morgan fingerprint density at radius 1 is 1.14 bits per heavy atom. The van der Waals surface area contributed by atoms with Gasteiger partial charge in [0.2, 0.25) is 0 Å². The molecule has 2 aromatic carbocycles. The van der Waals surface area contributed by atoms with Gasteiger partial charge in [0.05, 0.1) is 10.6 Å². The number of carbonyl (C=O) groups excluding carboxylic acids is 1. The molecule has 0 saturated carbocycles. The van der Waals surface area contributed by atoms with Crippen LogP contribution in [-0.2, 0) is 10.0 Å². The van der Waals surface area contributed by atoms with E-state index in [1.54, 1.807) is 11.0 Å². The maximum atomic E-state index is 13.7. The van der Waals surface area contributed by atoms with Crippen LogP contribution in [0.3, 0.4) is 0 Å². The molecule has 1 heterocycles. The second-order valence-electron chi connectivity index (χ2n) is 7.12. The van der Waals surface area contributed by atoms with Crippen LogP contribution in [-0.4, -0.2) is 57.4 Å². The first kappa shape index (κ1) is 20.3. The zero-order chi connectivity index (χ0) is 20.3. The van der Waals surface area contributed by atoms with Crippen molar-refractivity contribution in [3.05, 3.63) is 59.9 Å². The lowest BCUT2D eigenvalue weighted by Crippen LogP contribution is -2.47. The molecule has 1 aliphatic heterocycles. The molecule has 0 bridgehead atoms. The molecular formula is C20H24FN3O3S. The highest BCUT2D eigenvalue weighted by molar-refractivity contribution is 7.92. The molecule has 1 amide bonds. The van der Waals surface area contributed by atoms with Crippen LogP contribution in [0.15, 0.2) is 53.4 Å². The van der Waals surface area contributed by atoms with E-state index >= 15 is 0 Å². The van der Waals surface area contributed by atoms with Crippen molar-refractivity contribution in [2.45, 2.75) is 23.8 Å². The quantitative estimate of drug-likeness (QED) is 0.831. The summed E-state index contributed by atoms with van der Waals surface area (Å²) in [6.07, 6.45) is 1.99. The number of piperidine rings is 1. The third-order valence-corrected chi connectivity index (χ3v) is 6.33. The third kappa shape index (κ3) is 4.51. The first-order chi connectivity index (χ1) is 13.3. The number of hydrogen-bond donors (Lipinski definition) is 1. The van der Waals surface area contributed by atoms with E-state index < -0.39 is 15.8 Å². The highest BCUT2D eigenvalue weighted by atomic mass is 32.2. The molecule has 1 saturated heterocycles. The largest absolute Gasteiger partial charge is 0.337 e. The fraction of sp³-hybridized carbons (Fsp3) is 0.350. The van der Waals surface area contributed by atoms with Gasteiger partial charge in [-0.2, -0.15) is 0 Å². The van der Waals surface area contributed by atoms with Crippen LogP contribution in [0, 0.1) is 5.82 Å². The maximum Gasteiger partial charge on any atom is 0.261 e. The molecule has 0 radical (unpaired) electrons. The number of amides is 1. The Hall–Kier alpha value is -2.45. The molecule has 6 nitrogen and oxygen atoms in total. The molecule has 0 aliphatic carbocycles. The number of hydrogen-bond acceptors (Lipinski definition) is 4. The standard InChI is InChI=1S/C20H24FN3O3S/c1-23(2)16-6-5-13-24(14-16)20(25)15-9-11-17(12-10-15)28(26,27)22-19-8-4-3-7-18(19)21/h3-4,7-12,16,22H,5-6,13-14H2,1-2H3. The number of nitrogens with one attached hydrogen (secondary N) is 1. The number of anilines is 1. The Balaban J connectivity index is 1.74. The van der Waals surface area contributed by atoms with Crippen molar-refractivity contribution in [1.29, 1.82) is 0 Å². The van der Waals surface area contributed by atoms with Crippen LogP contribution in [0.5, 0.6) is 0 Å². The van der Waals surface area contributed by atoms with E-state index in [-0.39, 0.29) is 16.5 Å². The highest BCUT2D eigenvalue weighted by Crippen LogP contribution is 2.21.